The number of benzene rings is 1. The van der Waals surface area contributed by atoms with Gasteiger partial charge in [-0.05, 0) is 36.3 Å². The van der Waals surface area contributed by atoms with Crippen molar-refractivity contribution in [2.45, 2.75) is 25.5 Å². The number of aliphatic hydroxyl groups is 1. The Hall–Kier alpha value is -0.510. The molecule has 1 saturated heterocycles. The maximum atomic E-state index is 8.93. The largest absolute Gasteiger partial charge is 0.392 e. The first kappa shape index (κ1) is 12.0. The topological polar surface area (TPSA) is 32.3 Å². The van der Waals surface area contributed by atoms with E-state index in [1.165, 1.54) is 23.5 Å². The third-order valence-electron chi connectivity index (χ3n) is 2.98. The van der Waals surface area contributed by atoms with E-state index in [1.54, 1.807) is 0 Å². The van der Waals surface area contributed by atoms with Gasteiger partial charge in [0.2, 0.25) is 0 Å². The Bertz CT molecular complexity index is 306. The summed E-state index contributed by atoms with van der Waals surface area (Å²) < 4.78 is 0. The molecule has 1 aromatic rings. The second kappa shape index (κ2) is 6.28. The van der Waals surface area contributed by atoms with E-state index in [2.05, 4.69) is 17.4 Å². The first-order valence-electron chi connectivity index (χ1n) is 5.88. The van der Waals surface area contributed by atoms with Crippen molar-refractivity contribution in [3.63, 3.8) is 0 Å². The van der Waals surface area contributed by atoms with Gasteiger partial charge in [0.1, 0.15) is 0 Å². The molecule has 2 nitrogen and oxygen atoms in total. The summed E-state index contributed by atoms with van der Waals surface area (Å²) in [5.74, 6) is 2.58. The van der Waals surface area contributed by atoms with E-state index in [-0.39, 0.29) is 6.61 Å². The van der Waals surface area contributed by atoms with Gasteiger partial charge in [-0.1, -0.05) is 24.3 Å². The summed E-state index contributed by atoms with van der Waals surface area (Å²) in [6.07, 6.45) is 2.39. The molecule has 1 heterocycles. The molecule has 0 bridgehead atoms. The Morgan fingerprint density at radius 1 is 1.25 bits per heavy atom. The minimum Gasteiger partial charge on any atom is -0.392 e. The Balaban J connectivity index is 1.71. The van der Waals surface area contributed by atoms with E-state index in [1.807, 2.05) is 23.9 Å². The number of rotatable bonds is 5. The zero-order valence-corrected chi connectivity index (χ0v) is 10.3. The van der Waals surface area contributed by atoms with Crippen molar-refractivity contribution < 1.29 is 5.11 Å². The summed E-state index contributed by atoms with van der Waals surface area (Å²) in [6.45, 7) is 1.20. The lowest BCUT2D eigenvalue weighted by Crippen LogP contribution is -2.30. The van der Waals surface area contributed by atoms with Crippen LogP contribution in [0.15, 0.2) is 24.3 Å². The van der Waals surface area contributed by atoms with E-state index in [0.29, 0.717) is 0 Å². The summed E-state index contributed by atoms with van der Waals surface area (Å²) >= 11 is 2.04. The van der Waals surface area contributed by atoms with Crippen LogP contribution in [0.3, 0.4) is 0 Å². The van der Waals surface area contributed by atoms with Crippen LogP contribution in [0.4, 0.5) is 0 Å². The lowest BCUT2D eigenvalue weighted by Gasteiger charge is -2.10. The normalized spacial score (nSPS) is 20.2. The minimum atomic E-state index is 0.137. The zero-order valence-electron chi connectivity index (χ0n) is 9.48. The Morgan fingerprint density at radius 2 is 2.00 bits per heavy atom. The number of nitrogens with one attached hydrogen (secondary N) is 1. The molecule has 0 saturated carbocycles. The fourth-order valence-corrected chi connectivity index (χ4v) is 3.11. The average Bonchev–Trinajstić information content (AvgIpc) is 2.83. The van der Waals surface area contributed by atoms with Gasteiger partial charge in [-0.15, -0.1) is 0 Å². The van der Waals surface area contributed by atoms with Crippen LogP contribution in [0.2, 0.25) is 0 Å². The highest BCUT2D eigenvalue weighted by Gasteiger charge is 2.13. The van der Waals surface area contributed by atoms with Crippen molar-refractivity contribution in [3.05, 3.63) is 35.4 Å². The number of hydrogen-bond acceptors (Lipinski definition) is 3. The van der Waals surface area contributed by atoms with Crippen molar-refractivity contribution in [1.82, 2.24) is 5.32 Å². The maximum Gasteiger partial charge on any atom is 0.0681 e. The Kier molecular flexibility index (Phi) is 4.69. The molecule has 0 aliphatic carbocycles. The number of hydrogen-bond donors (Lipinski definition) is 2. The van der Waals surface area contributed by atoms with Gasteiger partial charge in [0.05, 0.1) is 6.61 Å². The fraction of sp³-hybridized carbons (Fsp3) is 0.538. The summed E-state index contributed by atoms with van der Waals surface area (Å²) in [7, 11) is 0. The molecular formula is C13H19NOS. The number of aliphatic hydroxyl groups excluding tert-OH is 1. The fourth-order valence-electron chi connectivity index (χ4n) is 1.93. The molecule has 1 unspecified atom stereocenters. The third kappa shape index (κ3) is 3.51. The number of thioether (sulfide) groups is 1. The SMILES string of the molecule is OCc1ccc(CCNC2CCSC2)cc1. The predicted octanol–water partition coefficient (Wildman–Crippen LogP) is 1.82. The van der Waals surface area contributed by atoms with Gasteiger partial charge in [-0.25, -0.2) is 0 Å². The molecule has 1 atom stereocenters. The molecule has 1 aromatic carbocycles. The monoisotopic (exact) mass is 237 g/mol. The van der Waals surface area contributed by atoms with E-state index >= 15 is 0 Å². The van der Waals surface area contributed by atoms with Gasteiger partial charge < -0.3 is 10.4 Å². The lowest BCUT2D eigenvalue weighted by atomic mass is 10.1. The molecule has 0 radical (unpaired) electrons. The molecule has 2 rings (SSSR count). The standard InChI is InChI=1S/C13H19NOS/c15-9-12-3-1-11(2-4-12)5-7-14-13-6-8-16-10-13/h1-4,13-15H,5-10H2. The second-order valence-corrected chi connectivity index (χ2v) is 5.39. The summed E-state index contributed by atoms with van der Waals surface area (Å²) in [4.78, 5) is 0. The smallest absolute Gasteiger partial charge is 0.0681 e. The molecule has 1 aliphatic rings. The molecule has 0 amide bonds. The van der Waals surface area contributed by atoms with Crippen LogP contribution in [0.5, 0.6) is 0 Å². The van der Waals surface area contributed by atoms with Crippen molar-refractivity contribution in [3.8, 4) is 0 Å². The molecule has 88 valence electrons. The van der Waals surface area contributed by atoms with Crippen LogP contribution < -0.4 is 5.32 Å². The molecule has 0 aromatic heterocycles. The minimum absolute atomic E-state index is 0.137. The van der Waals surface area contributed by atoms with Gasteiger partial charge in [-0.3, -0.25) is 0 Å². The average molecular weight is 237 g/mol. The van der Waals surface area contributed by atoms with Gasteiger partial charge in [-0.2, -0.15) is 11.8 Å². The van der Waals surface area contributed by atoms with Crippen LogP contribution >= 0.6 is 11.8 Å². The summed E-state index contributed by atoms with van der Waals surface area (Å²) in [5.41, 5.74) is 2.33. The van der Waals surface area contributed by atoms with Crippen molar-refractivity contribution in [1.29, 1.82) is 0 Å². The van der Waals surface area contributed by atoms with E-state index < -0.39 is 0 Å². The van der Waals surface area contributed by atoms with E-state index in [4.69, 9.17) is 5.11 Å². The third-order valence-corrected chi connectivity index (χ3v) is 4.14. The zero-order chi connectivity index (χ0) is 11.2. The van der Waals surface area contributed by atoms with Crippen molar-refractivity contribution >= 4 is 11.8 Å². The van der Waals surface area contributed by atoms with Crippen LogP contribution in [-0.4, -0.2) is 29.2 Å². The molecule has 1 fully saturated rings. The molecule has 2 N–H and O–H groups in total. The van der Waals surface area contributed by atoms with Gasteiger partial charge in [0.15, 0.2) is 0 Å². The van der Waals surface area contributed by atoms with Crippen LogP contribution in [-0.2, 0) is 13.0 Å². The summed E-state index contributed by atoms with van der Waals surface area (Å²) in [5, 5.41) is 12.5. The maximum absolute atomic E-state index is 8.93. The first-order valence-corrected chi connectivity index (χ1v) is 7.04. The van der Waals surface area contributed by atoms with Crippen LogP contribution in [0, 0.1) is 0 Å². The highest BCUT2D eigenvalue weighted by atomic mass is 32.2. The van der Waals surface area contributed by atoms with E-state index in [0.717, 1.165) is 24.6 Å². The first-order chi connectivity index (χ1) is 7.88. The molecular weight excluding hydrogens is 218 g/mol. The highest BCUT2D eigenvalue weighted by molar-refractivity contribution is 7.99. The summed E-state index contributed by atoms with van der Waals surface area (Å²) in [6, 6.07) is 8.94. The molecule has 3 heteroatoms. The van der Waals surface area contributed by atoms with Crippen molar-refractivity contribution in [2.75, 3.05) is 18.1 Å². The van der Waals surface area contributed by atoms with Gasteiger partial charge >= 0.3 is 0 Å². The van der Waals surface area contributed by atoms with Crippen molar-refractivity contribution in [2.24, 2.45) is 0 Å². The highest BCUT2D eigenvalue weighted by Crippen LogP contribution is 2.16. The Morgan fingerprint density at radius 3 is 2.62 bits per heavy atom. The van der Waals surface area contributed by atoms with Gasteiger partial charge in [0, 0.05) is 11.8 Å². The molecule has 1 aliphatic heterocycles. The van der Waals surface area contributed by atoms with Crippen LogP contribution in [0.1, 0.15) is 17.5 Å². The van der Waals surface area contributed by atoms with E-state index in [9.17, 15) is 0 Å². The lowest BCUT2D eigenvalue weighted by molar-refractivity contribution is 0.282. The second-order valence-electron chi connectivity index (χ2n) is 4.24. The van der Waals surface area contributed by atoms with Gasteiger partial charge in [0.25, 0.3) is 0 Å². The molecule has 16 heavy (non-hydrogen) atoms. The Labute approximate surface area is 101 Å². The van der Waals surface area contributed by atoms with Crippen LogP contribution in [0.25, 0.3) is 0 Å². The molecule has 0 spiro atoms. The predicted molar refractivity (Wildman–Crippen MR) is 69.8 cm³/mol. The quantitative estimate of drug-likeness (QED) is 0.819.